The maximum atomic E-state index is 13.4. The van der Waals surface area contributed by atoms with Crippen LogP contribution in [0.4, 0.5) is 10.1 Å². The molecule has 3 N–H and O–H groups in total. The average Bonchev–Trinajstić information content (AvgIpc) is 2.40. The highest BCUT2D eigenvalue weighted by atomic mass is 19.1. The van der Waals surface area contributed by atoms with Gasteiger partial charge in [-0.25, -0.2) is 4.39 Å². The van der Waals surface area contributed by atoms with Gasteiger partial charge in [0.2, 0.25) is 5.91 Å². The van der Waals surface area contributed by atoms with Gasteiger partial charge in [0, 0.05) is 25.0 Å². The zero-order valence-corrected chi connectivity index (χ0v) is 11.8. The largest absolute Gasteiger partial charge is 0.328 e. The molecule has 0 spiro atoms. The molecule has 4 nitrogen and oxygen atoms in total. The molecule has 1 aromatic rings. The monoisotopic (exact) mass is 279 g/mol. The van der Waals surface area contributed by atoms with Gasteiger partial charge >= 0.3 is 0 Å². The van der Waals surface area contributed by atoms with Gasteiger partial charge in [0.15, 0.2) is 0 Å². The highest BCUT2D eigenvalue weighted by Crippen LogP contribution is 2.17. The normalized spacial score (nSPS) is 23.6. The summed E-state index contributed by atoms with van der Waals surface area (Å²) < 4.78 is 13.4. The van der Waals surface area contributed by atoms with Crippen LogP contribution in [0.5, 0.6) is 0 Å². The Hall–Kier alpha value is -1.46. The fourth-order valence-electron chi connectivity index (χ4n) is 2.61. The number of carbonyl (C=O) groups excluding carboxylic acids is 1. The number of benzene rings is 1. The van der Waals surface area contributed by atoms with E-state index in [1.165, 1.54) is 6.07 Å². The first-order chi connectivity index (χ1) is 9.56. The van der Waals surface area contributed by atoms with Gasteiger partial charge in [-0.2, -0.15) is 0 Å². The Balaban J connectivity index is 1.79. The molecule has 0 radical (unpaired) electrons. The van der Waals surface area contributed by atoms with E-state index in [9.17, 15) is 9.18 Å². The summed E-state index contributed by atoms with van der Waals surface area (Å²) in [6.45, 7) is 3.75. The van der Waals surface area contributed by atoms with Crippen LogP contribution in [-0.4, -0.2) is 36.0 Å². The van der Waals surface area contributed by atoms with Gasteiger partial charge in [0.25, 0.3) is 0 Å². The zero-order valence-electron chi connectivity index (χ0n) is 11.8. The predicted molar refractivity (Wildman–Crippen MR) is 77.9 cm³/mol. The Morgan fingerprint density at radius 3 is 2.95 bits per heavy atom. The molecule has 1 aromatic carbocycles. The Morgan fingerprint density at radius 2 is 2.25 bits per heavy atom. The second kappa shape index (κ2) is 6.81. The van der Waals surface area contributed by atoms with E-state index in [1.54, 1.807) is 18.2 Å². The fourth-order valence-corrected chi connectivity index (χ4v) is 2.61. The number of likely N-dealkylation sites (tertiary alicyclic amines) is 1. The van der Waals surface area contributed by atoms with Crippen molar-refractivity contribution in [2.45, 2.75) is 38.3 Å². The molecule has 1 aliphatic rings. The molecule has 0 aromatic heterocycles. The Morgan fingerprint density at radius 1 is 1.50 bits per heavy atom. The van der Waals surface area contributed by atoms with E-state index >= 15 is 0 Å². The molecule has 0 saturated carbocycles. The van der Waals surface area contributed by atoms with Gasteiger partial charge in [-0.3, -0.25) is 4.79 Å². The number of nitrogens with zero attached hydrogens (tertiary/aromatic N) is 1. The number of piperidine rings is 1. The molecule has 1 saturated heterocycles. The molecule has 5 heteroatoms. The molecule has 1 aliphatic heterocycles. The summed E-state index contributed by atoms with van der Waals surface area (Å²) in [7, 11) is 0. The minimum absolute atomic E-state index is 0.155. The summed E-state index contributed by atoms with van der Waals surface area (Å²) in [5, 5.41) is 2.61. The molecule has 20 heavy (non-hydrogen) atoms. The molecule has 110 valence electrons. The lowest BCUT2D eigenvalue weighted by atomic mass is 9.99. The topological polar surface area (TPSA) is 58.4 Å². The number of hydrogen-bond acceptors (Lipinski definition) is 3. The van der Waals surface area contributed by atoms with E-state index in [2.05, 4.69) is 17.1 Å². The van der Waals surface area contributed by atoms with Crippen molar-refractivity contribution in [3.8, 4) is 0 Å². The smallest absolute Gasteiger partial charge is 0.225 e. The minimum Gasteiger partial charge on any atom is -0.328 e. The van der Waals surface area contributed by atoms with Crippen molar-refractivity contribution >= 4 is 11.6 Å². The number of hydrogen-bond donors (Lipinski definition) is 2. The van der Waals surface area contributed by atoms with Crippen molar-refractivity contribution in [2.24, 2.45) is 5.73 Å². The maximum Gasteiger partial charge on any atom is 0.225 e. The van der Waals surface area contributed by atoms with Crippen LogP contribution in [0.15, 0.2) is 24.3 Å². The van der Waals surface area contributed by atoms with Gasteiger partial charge in [0.05, 0.1) is 5.69 Å². The van der Waals surface area contributed by atoms with Crippen molar-refractivity contribution < 1.29 is 9.18 Å². The van der Waals surface area contributed by atoms with E-state index < -0.39 is 5.82 Å². The molecule has 0 aliphatic carbocycles. The van der Waals surface area contributed by atoms with Crippen LogP contribution in [0.25, 0.3) is 0 Å². The Kier molecular flexibility index (Phi) is 5.09. The first kappa shape index (κ1) is 14.9. The van der Waals surface area contributed by atoms with Gasteiger partial charge in [-0.05, 0) is 38.4 Å². The fraction of sp³-hybridized carbons (Fsp3) is 0.533. The molecular formula is C15H22FN3O. The number of anilines is 1. The third-order valence-corrected chi connectivity index (χ3v) is 3.83. The zero-order chi connectivity index (χ0) is 14.5. The number of nitrogens with two attached hydrogens (primary N) is 1. The number of nitrogens with one attached hydrogen (secondary N) is 1. The third kappa shape index (κ3) is 4.02. The van der Waals surface area contributed by atoms with Gasteiger partial charge in [-0.1, -0.05) is 12.1 Å². The SMILES string of the molecule is CC1CC(N)CCN1CCC(=O)Nc1ccccc1F. The molecule has 1 heterocycles. The first-order valence-electron chi connectivity index (χ1n) is 7.10. The summed E-state index contributed by atoms with van der Waals surface area (Å²) in [5.41, 5.74) is 6.16. The third-order valence-electron chi connectivity index (χ3n) is 3.83. The van der Waals surface area contributed by atoms with Gasteiger partial charge in [-0.15, -0.1) is 0 Å². The maximum absolute atomic E-state index is 13.4. The van der Waals surface area contributed by atoms with Crippen LogP contribution >= 0.6 is 0 Å². The molecule has 1 fully saturated rings. The van der Waals surface area contributed by atoms with E-state index in [4.69, 9.17) is 5.73 Å². The van der Waals surface area contributed by atoms with Crippen LogP contribution < -0.4 is 11.1 Å². The quantitative estimate of drug-likeness (QED) is 0.886. The van der Waals surface area contributed by atoms with Crippen molar-refractivity contribution in [1.29, 1.82) is 0 Å². The highest BCUT2D eigenvalue weighted by molar-refractivity contribution is 5.90. The van der Waals surface area contributed by atoms with E-state index in [0.29, 0.717) is 19.0 Å². The summed E-state index contributed by atoms with van der Waals surface area (Å²) >= 11 is 0. The standard InChI is InChI=1S/C15H22FN3O/c1-11-10-12(17)6-8-19(11)9-7-15(20)18-14-5-3-2-4-13(14)16/h2-5,11-12H,6-10,17H2,1H3,(H,18,20). The lowest BCUT2D eigenvalue weighted by molar-refractivity contribution is -0.116. The van der Waals surface area contributed by atoms with Crippen LogP contribution in [-0.2, 0) is 4.79 Å². The number of carbonyl (C=O) groups is 1. The van der Waals surface area contributed by atoms with Crippen molar-refractivity contribution in [3.63, 3.8) is 0 Å². The first-order valence-corrected chi connectivity index (χ1v) is 7.10. The predicted octanol–water partition coefficient (Wildman–Crippen LogP) is 1.97. The van der Waals surface area contributed by atoms with Crippen LogP contribution in [0, 0.1) is 5.82 Å². The Bertz CT molecular complexity index is 466. The Labute approximate surface area is 119 Å². The lowest BCUT2D eigenvalue weighted by Crippen LogP contribution is -2.46. The molecule has 2 atom stereocenters. The summed E-state index contributed by atoms with van der Waals surface area (Å²) in [4.78, 5) is 14.1. The number of para-hydroxylation sites is 1. The van der Waals surface area contributed by atoms with Gasteiger partial charge < -0.3 is 16.0 Å². The van der Waals surface area contributed by atoms with Crippen molar-refractivity contribution in [3.05, 3.63) is 30.1 Å². The van der Waals surface area contributed by atoms with Crippen molar-refractivity contribution in [1.82, 2.24) is 4.90 Å². The van der Waals surface area contributed by atoms with E-state index in [0.717, 1.165) is 19.4 Å². The molecular weight excluding hydrogens is 257 g/mol. The average molecular weight is 279 g/mol. The summed E-state index contributed by atoms with van der Waals surface area (Å²) in [6.07, 6.45) is 2.31. The lowest BCUT2D eigenvalue weighted by Gasteiger charge is -2.36. The van der Waals surface area contributed by atoms with E-state index in [1.807, 2.05) is 0 Å². The summed E-state index contributed by atoms with van der Waals surface area (Å²) in [6, 6.07) is 6.88. The van der Waals surface area contributed by atoms with E-state index in [-0.39, 0.29) is 17.6 Å². The molecule has 0 bridgehead atoms. The van der Waals surface area contributed by atoms with Crippen LogP contribution in [0.2, 0.25) is 0 Å². The van der Waals surface area contributed by atoms with Crippen LogP contribution in [0.1, 0.15) is 26.2 Å². The highest BCUT2D eigenvalue weighted by Gasteiger charge is 2.23. The van der Waals surface area contributed by atoms with Crippen LogP contribution in [0.3, 0.4) is 0 Å². The second-order valence-electron chi connectivity index (χ2n) is 5.45. The number of halogens is 1. The van der Waals surface area contributed by atoms with Gasteiger partial charge in [0.1, 0.15) is 5.82 Å². The number of rotatable bonds is 4. The summed E-state index contributed by atoms with van der Waals surface area (Å²) in [5.74, 6) is -0.560. The van der Waals surface area contributed by atoms with Crippen molar-refractivity contribution in [2.75, 3.05) is 18.4 Å². The molecule has 2 rings (SSSR count). The number of amides is 1. The minimum atomic E-state index is -0.404. The second-order valence-corrected chi connectivity index (χ2v) is 5.45. The molecule has 2 unspecified atom stereocenters. The molecule has 1 amide bonds.